The fraction of sp³-hybridized carbons (Fsp3) is 0.769. The number of hydrogen-bond donors (Lipinski definition) is 0. The molecular weight excluding hydrogens is 244 g/mol. The van der Waals surface area contributed by atoms with Crippen molar-refractivity contribution in [3.05, 3.63) is 12.7 Å². The number of rotatable bonds is 2. The van der Waals surface area contributed by atoms with Crippen LogP contribution in [0.4, 0.5) is 0 Å². The molecule has 0 bridgehead atoms. The van der Waals surface area contributed by atoms with Crippen molar-refractivity contribution in [2.45, 2.75) is 44.2 Å². The topological polar surface area (TPSA) is 60.2 Å². The Kier molecular flexibility index (Phi) is 3.26. The average Bonchev–Trinajstić information content (AvgIpc) is 3.10. The Morgan fingerprint density at radius 1 is 1.32 bits per heavy atom. The van der Waals surface area contributed by atoms with Crippen molar-refractivity contribution in [3.63, 3.8) is 0 Å². The summed E-state index contributed by atoms with van der Waals surface area (Å²) < 4.78 is 7.68. The highest BCUT2D eigenvalue weighted by Crippen LogP contribution is 2.30. The van der Waals surface area contributed by atoms with Gasteiger partial charge in [-0.3, -0.25) is 4.79 Å². The summed E-state index contributed by atoms with van der Waals surface area (Å²) in [5.74, 6) is 0.159. The lowest BCUT2D eigenvalue weighted by Crippen LogP contribution is -2.49. The molecule has 3 rings (SSSR count). The summed E-state index contributed by atoms with van der Waals surface area (Å²) in [5.41, 5.74) is -0.580. The van der Waals surface area contributed by atoms with Gasteiger partial charge in [0.05, 0.1) is 0 Å². The SMILES string of the molecule is C[C@]1(C(=O)N2CCC(n3cnnc3)CC2)CCCO1. The van der Waals surface area contributed by atoms with Gasteiger partial charge in [-0.2, -0.15) is 0 Å². The quantitative estimate of drug-likeness (QED) is 0.800. The van der Waals surface area contributed by atoms with Crippen LogP contribution in [-0.2, 0) is 9.53 Å². The van der Waals surface area contributed by atoms with Gasteiger partial charge in [0.1, 0.15) is 18.3 Å². The lowest BCUT2D eigenvalue weighted by atomic mass is 9.98. The fourth-order valence-electron chi connectivity index (χ4n) is 3.05. The van der Waals surface area contributed by atoms with Crippen LogP contribution in [-0.4, -0.2) is 50.9 Å². The molecule has 2 aliphatic rings. The molecule has 0 unspecified atom stereocenters. The van der Waals surface area contributed by atoms with Crippen molar-refractivity contribution >= 4 is 5.91 Å². The first kappa shape index (κ1) is 12.6. The van der Waals surface area contributed by atoms with Crippen LogP contribution in [0.25, 0.3) is 0 Å². The number of carbonyl (C=O) groups excluding carboxylic acids is 1. The molecular formula is C13H20N4O2. The molecule has 0 N–H and O–H groups in total. The smallest absolute Gasteiger partial charge is 0.254 e. The van der Waals surface area contributed by atoms with Gasteiger partial charge in [-0.25, -0.2) is 0 Å². The number of carbonyl (C=O) groups is 1. The first-order valence-electron chi connectivity index (χ1n) is 6.96. The number of amides is 1. The molecule has 6 nitrogen and oxygen atoms in total. The summed E-state index contributed by atoms with van der Waals surface area (Å²) in [6.45, 7) is 4.22. The van der Waals surface area contributed by atoms with Crippen LogP contribution in [0.1, 0.15) is 38.6 Å². The summed E-state index contributed by atoms with van der Waals surface area (Å²) in [4.78, 5) is 14.4. The van der Waals surface area contributed by atoms with Crippen molar-refractivity contribution in [3.8, 4) is 0 Å². The molecule has 104 valence electrons. The third-order valence-corrected chi connectivity index (χ3v) is 4.28. The van der Waals surface area contributed by atoms with Crippen LogP contribution in [0.2, 0.25) is 0 Å². The molecule has 1 amide bonds. The monoisotopic (exact) mass is 264 g/mol. The van der Waals surface area contributed by atoms with Crippen molar-refractivity contribution < 1.29 is 9.53 Å². The van der Waals surface area contributed by atoms with Crippen LogP contribution in [0.15, 0.2) is 12.7 Å². The second-order valence-electron chi connectivity index (χ2n) is 5.62. The molecule has 0 radical (unpaired) electrons. The van der Waals surface area contributed by atoms with E-state index in [4.69, 9.17) is 4.74 Å². The van der Waals surface area contributed by atoms with E-state index in [2.05, 4.69) is 10.2 Å². The minimum absolute atomic E-state index is 0.159. The highest BCUT2D eigenvalue weighted by atomic mass is 16.5. The van der Waals surface area contributed by atoms with Gasteiger partial charge < -0.3 is 14.2 Å². The lowest BCUT2D eigenvalue weighted by molar-refractivity contribution is -0.152. The number of likely N-dealkylation sites (tertiary alicyclic amines) is 1. The Morgan fingerprint density at radius 3 is 2.58 bits per heavy atom. The van der Waals surface area contributed by atoms with Gasteiger partial charge in [0, 0.05) is 25.7 Å². The van der Waals surface area contributed by atoms with E-state index in [0.29, 0.717) is 12.6 Å². The predicted octanol–water partition coefficient (Wildman–Crippen LogP) is 1.01. The largest absolute Gasteiger partial charge is 0.365 e. The van der Waals surface area contributed by atoms with Crippen molar-refractivity contribution in [1.29, 1.82) is 0 Å². The van der Waals surface area contributed by atoms with E-state index in [0.717, 1.165) is 38.8 Å². The summed E-state index contributed by atoms with van der Waals surface area (Å²) in [7, 11) is 0. The summed E-state index contributed by atoms with van der Waals surface area (Å²) >= 11 is 0. The zero-order valence-electron chi connectivity index (χ0n) is 11.3. The Labute approximate surface area is 112 Å². The Bertz CT molecular complexity index is 432. The first-order chi connectivity index (χ1) is 9.19. The van der Waals surface area contributed by atoms with Crippen LogP contribution in [0.5, 0.6) is 0 Å². The maximum Gasteiger partial charge on any atom is 0.254 e. The average molecular weight is 264 g/mol. The number of hydrogen-bond acceptors (Lipinski definition) is 4. The zero-order valence-corrected chi connectivity index (χ0v) is 11.3. The van der Waals surface area contributed by atoms with Gasteiger partial charge in [0.25, 0.3) is 5.91 Å². The van der Waals surface area contributed by atoms with E-state index in [1.807, 2.05) is 16.4 Å². The second kappa shape index (κ2) is 4.92. The van der Waals surface area contributed by atoms with Crippen LogP contribution >= 0.6 is 0 Å². The van der Waals surface area contributed by atoms with Gasteiger partial charge in [-0.1, -0.05) is 0 Å². The Hall–Kier alpha value is -1.43. The summed E-state index contributed by atoms with van der Waals surface area (Å²) in [5, 5.41) is 7.68. The van der Waals surface area contributed by atoms with Crippen LogP contribution in [0.3, 0.4) is 0 Å². The van der Waals surface area contributed by atoms with E-state index in [-0.39, 0.29) is 5.91 Å². The Morgan fingerprint density at radius 2 is 2.00 bits per heavy atom. The van der Waals surface area contributed by atoms with Gasteiger partial charge >= 0.3 is 0 Å². The van der Waals surface area contributed by atoms with Gasteiger partial charge in [0.15, 0.2) is 0 Å². The van der Waals surface area contributed by atoms with Crippen molar-refractivity contribution in [2.75, 3.05) is 19.7 Å². The molecule has 19 heavy (non-hydrogen) atoms. The molecule has 0 saturated carbocycles. The summed E-state index contributed by atoms with van der Waals surface area (Å²) in [6.07, 6.45) is 7.25. The fourth-order valence-corrected chi connectivity index (χ4v) is 3.05. The van der Waals surface area contributed by atoms with E-state index in [9.17, 15) is 4.79 Å². The molecule has 1 aromatic heterocycles. The molecule has 6 heteroatoms. The standard InChI is InChI=1S/C13H20N4O2/c1-13(5-2-8-19-13)12(18)16-6-3-11(4-7-16)17-9-14-15-10-17/h9-11H,2-8H2,1H3/t13-/m1/s1. The number of ether oxygens (including phenoxy) is 1. The van der Waals surface area contributed by atoms with E-state index in [1.54, 1.807) is 12.7 Å². The van der Waals surface area contributed by atoms with Crippen molar-refractivity contribution in [1.82, 2.24) is 19.7 Å². The number of nitrogens with zero attached hydrogens (tertiary/aromatic N) is 4. The van der Waals surface area contributed by atoms with Crippen LogP contribution in [0, 0.1) is 0 Å². The van der Waals surface area contributed by atoms with Gasteiger partial charge in [-0.15, -0.1) is 10.2 Å². The summed E-state index contributed by atoms with van der Waals surface area (Å²) in [6, 6.07) is 0.413. The van der Waals surface area contributed by atoms with E-state index >= 15 is 0 Å². The van der Waals surface area contributed by atoms with E-state index in [1.165, 1.54) is 0 Å². The first-order valence-corrected chi connectivity index (χ1v) is 6.96. The third-order valence-electron chi connectivity index (χ3n) is 4.28. The van der Waals surface area contributed by atoms with Gasteiger partial charge in [0.2, 0.25) is 0 Å². The normalized spacial score (nSPS) is 28.8. The number of aromatic nitrogens is 3. The molecule has 0 spiro atoms. The minimum atomic E-state index is -0.580. The third kappa shape index (κ3) is 2.36. The molecule has 3 heterocycles. The molecule has 0 aromatic carbocycles. The zero-order chi connectivity index (χ0) is 13.3. The molecule has 0 aliphatic carbocycles. The second-order valence-corrected chi connectivity index (χ2v) is 5.62. The highest BCUT2D eigenvalue weighted by Gasteiger charge is 2.41. The molecule has 2 fully saturated rings. The maximum atomic E-state index is 12.5. The van der Waals surface area contributed by atoms with Crippen molar-refractivity contribution in [2.24, 2.45) is 0 Å². The minimum Gasteiger partial charge on any atom is -0.365 e. The Balaban J connectivity index is 1.59. The molecule has 1 atom stereocenters. The molecule has 2 aliphatic heterocycles. The molecule has 2 saturated heterocycles. The highest BCUT2D eigenvalue weighted by molar-refractivity contribution is 5.85. The number of piperidine rings is 1. The predicted molar refractivity (Wildman–Crippen MR) is 68.5 cm³/mol. The van der Waals surface area contributed by atoms with Crippen LogP contribution < -0.4 is 0 Å². The molecule has 1 aromatic rings. The van der Waals surface area contributed by atoms with E-state index < -0.39 is 5.60 Å². The maximum absolute atomic E-state index is 12.5. The lowest BCUT2D eigenvalue weighted by Gasteiger charge is -2.36. The van der Waals surface area contributed by atoms with Gasteiger partial charge in [-0.05, 0) is 32.6 Å².